The maximum Gasteiger partial charge on any atom is 0.178 e. The molecule has 0 spiro atoms. The molecule has 2 atom stereocenters. The van der Waals surface area contributed by atoms with E-state index in [0.717, 1.165) is 42.6 Å². The first kappa shape index (κ1) is 17.1. The zero-order valence-corrected chi connectivity index (χ0v) is 14.6. The monoisotopic (exact) mass is 346 g/mol. The van der Waals surface area contributed by atoms with Gasteiger partial charge in [0.1, 0.15) is 11.9 Å². The first-order valence-electron chi connectivity index (χ1n) is 8.28. The van der Waals surface area contributed by atoms with Gasteiger partial charge < -0.3 is 14.7 Å². The first-order valence-corrected chi connectivity index (χ1v) is 8.65. The summed E-state index contributed by atoms with van der Waals surface area (Å²) in [5.74, 6) is 0.778. The number of nitrogens with zero attached hydrogens (tertiary/aromatic N) is 2. The van der Waals surface area contributed by atoms with Crippen molar-refractivity contribution in [2.45, 2.75) is 19.3 Å². The molecule has 1 aliphatic rings. The van der Waals surface area contributed by atoms with Crippen LogP contribution < -0.4 is 9.64 Å². The summed E-state index contributed by atoms with van der Waals surface area (Å²) in [5.41, 5.74) is 1.14. The van der Waals surface area contributed by atoms with Crippen molar-refractivity contribution < 1.29 is 9.84 Å². The molecule has 1 heterocycles. The van der Waals surface area contributed by atoms with Crippen LogP contribution in [0.3, 0.4) is 0 Å². The van der Waals surface area contributed by atoms with Crippen LogP contribution in [0.15, 0.2) is 54.6 Å². The minimum absolute atomic E-state index is 0.339. The number of aliphatic hydroxyl groups is 1. The van der Waals surface area contributed by atoms with E-state index in [1.54, 1.807) is 6.92 Å². The van der Waals surface area contributed by atoms with Gasteiger partial charge >= 0.3 is 0 Å². The number of halogens is 1. The van der Waals surface area contributed by atoms with Crippen molar-refractivity contribution in [2.75, 3.05) is 31.1 Å². The zero-order valence-electron chi connectivity index (χ0n) is 13.8. The predicted octanol–water partition coefficient (Wildman–Crippen LogP) is 3.25. The SMILES string of the molecule is CC(O)C(Oc1ccccc1)N1CCN(c2cccc(Cl)c2)CC1. The molecule has 1 saturated heterocycles. The highest BCUT2D eigenvalue weighted by Gasteiger charge is 2.28. The van der Waals surface area contributed by atoms with Crippen molar-refractivity contribution in [2.24, 2.45) is 0 Å². The number of rotatable bonds is 5. The topological polar surface area (TPSA) is 35.9 Å². The molecule has 0 bridgehead atoms. The Morgan fingerprint density at radius 1 is 1.00 bits per heavy atom. The lowest BCUT2D eigenvalue weighted by atomic mass is 10.2. The summed E-state index contributed by atoms with van der Waals surface area (Å²) in [4.78, 5) is 4.50. The van der Waals surface area contributed by atoms with Crippen LogP contribution in [0, 0.1) is 0 Å². The normalized spacial score (nSPS) is 18.2. The van der Waals surface area contributed by atoms with Gasteiger partial charge in [-0.05, 0) is 37.3 Å². The summed E-state index contributed by atoms with van der Waals surface area (Å²) in [6, 6.07) is 17.6. The minimum Gasteiger partial charge on any atom is -0.472 e. The van der Waals surface area contributed by atoms with Crippen LogP contribution in [-0.2, 0) is 0 Å². The molecular formula is C19H23ClN2O2. The fourth-order valence-electron chi connectivity index (χ4n) is 3.02. The van der Waals surface area contributed by atoms with Crippen molar-refractivity contribution in [3.05, 3.63) is 59.6 Å². The molecule has 0 saturated carbocycles. The average Bonchev–Trinajstić information content (AvgIpc) is 2.60. The van der Waals surface area contributed by atoms with Crippen LogP contribution in [0.25, 0.3) is 0 Å². The summed E-state index contributed by atoms with van der Waals surface area (Å²) in [7, 11) is 0. The molecule has 0 radical (unpaired) electrons. The summed E-state index contributed by atoms with van der Waals surface area (Å²) in [5, 5.41) is 10.9. The van der Waals surface area contributed by atoms with Crippen molar-refractivity contribution in [1.29, 1.82) is 0 Å². The number of piperazine rings is 1. The Morgan fingerprint density at radius 3 is 2.33 bits per heavy atom. The Kier molecular flexibility index (Phi) is 5.61. The number of aliphatic hydroxyl groups excluding tert-OH is 1. The number of benzene rings is 2. The fraction of sp³-hybridized carbons (Fsp3) is 0.368. The van der Waals surface area contributed by atoms with Crippen LogP contribution in [0.1, 0.15) is 6.92 Å². The molecule has 1 fully saturated rings. The van der Waals surface area contributed by atoms with Crippen molar-refractivity contribution in [3.63, 3.8) is 0 Å². The molecule has 128 valence electrons. The largest absolute Gasteiger partial charge is 0.472 e. The van der Waals surface area contributed by atoms with E-state index < -0.39 is 6.10 Å². The smallest absolute Gasteiger partial charge is 0.178 e. The lowest BCUT2D eigenvalue weighted by Gasteiger charge is -2.40. The highest BCUT2D eigenvalue weighted by atomic mass is 35.5. The van der Waals surface area contributed by atoms with Crippen LogP contribution >= 0.6 is 11.6 Å². The van der Waals surface area contributed by atoms with E-state index in [1.165, 1.54) is 0 Å². The standard InChI is InChI=1S/C19H23ClN2O2/c1-15(23)19(24-18-8-3-2-4-9-18)22-12-10-21(11-13-22)17-7-5-6-16(20)14-17/h2-9,14-15,19,23H,10-13H2,1H3. The number of anilines is 1. The summed E-state index contributed by atoms with van der Waals surface area (Å²) < 4.78 is 6.01. The average molecular weight is 347 g/mol. The van der Waals surface area contributed by atoms with Gasteiger partial charge in [0.2, 0.25) is 0 Å². The van der Waals surface area contributed by atoms with E-state index in [0.29, 0.717) is 0 Å². The maximum absolute atomic E-state index is 10.1. The van der Waals surface area contributed by atoms with Crippen LogP contribution in [0.4, 0.5) is 5.69 Å². The van der Waals surface area contributed by atoms with Crippen LogP contribution in [-0.4, -0.2) is 48.5 Å². The van der Waals surface area contributed by atoms with Gasteiger partial charge in [0, 0.05) is 36.9 Å². The quantitative estimate of drug-likeness (QED) is 0.901. The second-order valence-electron chi connectivity index (χ2n) is 6.06. The Bertz CT molecular complexity index is 643. The minimum atomic E-state index is -0.567. The van der Waals surface area contributed by atoms with E-state index in [4.69, 9.17) is 16.3 Å². The third-order valence-corrected chi connectivity index (χ3v) is 4.50. The van der Waals surface area contributed by atoms with Gasteiger partial charge in [-0.15, -0.1) is 0 Å². The Hall–Kier alpha value is -1.75. The molecule has 1 N–H and O–H groups in total. The number of ether oxygens (including phenoxy) is 1. The first-order chi connectivity index (χ1) is 11.6. The molecule has 5 heteroatoms. The maximum atomic E-state index is 10.1. The molecule has 2 unspecified atom stereocenters. The Morgan fingerprint density at radius 2 is 1.71 bits per heavy atom. The molecule has 0 amide bonds. The highest BCUT2D eigenvalue weighted by Crippen LogP contribution is 2.22. The van der Waals surface area contributed by atoms with Gasteiger partial charge in [-0.1, -0.05) is 35.9 Å². The van der Waals surface area contributed by atoms with E-state index in [9.17, 15) is 5.11 Å². The van der Waals surface area contributed by atoms with E-state index in [-0.39, 0.29) is 6.23 Å². The van der Waals surface area contributed by atoms with E-state index in [1.807, 2.05) is 48.5 Å². The van der Waals surface area contributed by atoms with E-state index >= 15 is 0 Å². The molecule has 1 aliphatic heterocycles. The third-order valence-electron chi connectivity index (χ3n) is 4.26. The van der Waals surface area contributed by atoms with Gasteiger partial charge in [-0.2, -0.15) is 0 Å². The van der Waals surface area contributed by atoms with Crippen molar-refractivity contribution >= 4 is 17.3 Å². The second-order valence-corrected chi connectivity index (χ2v) is 6.50. The van der Waals surface area contributed by atoms with Crippen molar-refractivity contribution in [3.8, 4) is 5.75 Å². The van der Waals surface area contributed by atoms with Crippen LogP contribution in [0.2, 0.25) is 5.02 Å². The number of para-hydroxylation sites is 1. The second kappa shape index (κ2) is 7.88. The number of hydrogen-bond donors (Lipinski definition) is 1. The van der Waals surface area contributed by atoms with Gasteiger partial charge in [-0.25, -0.2) is 0 Å². The summed E-state index contributed by atoms with van der Waals surface area (Å²) in [6.07, 6.45) is -0.906. The molecule has 2 aromatic carbocycles. The molecular weight excluding hydrogens is 324 g/mol. The molecule has 24 heavy (non-hydrogen) atoms. The van der Waals surface area contributed by atoms with Crippen LogP contribution in [0.5, 0.6) is 5.75 Å². The van der Waals surface area contributed by atoms with Gasteiger partial charge in [0.15, 0.2) is 6.23 Å². The highest BCUT2D eigenvalue weighted by molar-refractivity contribution is 6.30. The van der Waals surface area contributed by atoms with Gasteiger partial charge in [0.25, 0.3) is 0 Å². The Balaban J connectivity index is 1.63. The van der Waals surface area contributed by atoms with Gasteiger partial charge in [-0.3, -0.25) is 4.90 Å². The Labute approximate surface area is 148 Å². The molecule has 4 nitrogen and oxygen atoms in total. The lowest BCUT2D eigenvalue weighted by molar-refractivity contribution is -0.0601. The van der Waals surface area contributed by atoms with Gasteiger partial charge in [0.05, 0.1) is 0 Å². The van der Waals surface area contributed by atoms with E-state index in [2.05, 4.69) is 15.9 Å². The lowest BCUT2D eigenvalue weighted by Crippen LogP contribution is -2.55. The third kappa shape index (κ3) is 4.20. The molecule has 0 aromatic heterocycles. The molecule has 3 rings (SSSR count). The fourth-order valence-corrected chi connectivity index (χ4v) is 3.21. The van der Waals surface area contributed by atoms with Crippen molar-refractivity contribution in [1.82, 2.24) is 4.90 Å². The number of hydrogen-bond acceptors (Lipinski definition) is 4. The summed E-state index contributed by atoms with van der Waals surface area (Å²) >= 11 is 6.08. The molecule has 2 aromatic rings. The predicted molar refractivity (Wildman–Crippen MR) is 97.8 cm³/mol. The molecule has 0 aliphatic carbocycles. The summed E-state index contributed by atoms with van der Waals surface area (Å²) in [6.45, 7) is 5.18. The zero-order chi connectivity index (χ0) is 16.9.